The number of rotatable bonds is 4. The first-order valence-electron chi connectivity index (χ1n) is 5.41. The molecule has 0 spiro atoms. The van der Waals surface area contributed by atoms with Crippen molar-refractivity contribution in [1.29, 1.82) is 0 Å². The smallest absolute Gasteiger partial charge is 0.194 e. The fraction of sp³-hybridized carbons (Fsp3) is 0.214. The maximum absolute atomic E-state index is 11.1. The van der Waals surface area contributed by atoms with E-state index in [0.29, 0.717) is 5.76 Å². The van der Waals surface area contributed by atoms with Gasteiger partial charge >= 0.3 is 0 Å². The molecule has 2 aromatic rings. The van der Waals surface area contributed by atoms with Crippen LogP contribution in [0.1, 0.15) is 28.8 Å². The number of carbonyl (C=O) groups excluding carboxylic acids is 1. The number of furan rings is 1. The largest absolute Gasteiger partial charge is 0.458 e. The second kappa shape index (κ2) is 5.23. The van der Waals surface area contributed by atoms with Crippen molar-refractivity contribution in [1.82, 2.24) is 0 Å². The lowest BCUT2D eigenvalue weighted by molar-refractivity contribution is 0.0985. The molecule has 0 saturated heterocycles. The quantitative estimate of drug-likeness (QED) is 0.607. The summed E-state index contributed by atoms with van der Waals surface area (Å²) >= 11 is 1.72. The van der Waals surface area contributed by atoms with Crippen LogP contribution in [-0.2, 0) is 6.42 Å². The number of ketones is 1. The van der Waals surface area contributed by atoms with Crippen LogP contribution in [0.3, 0.4) is 0 Å². The van der Waals surface area contributed by atoms with Gasteiger partial charge < -0.3 is 4.42 Å². The van der Waals surface area contributed by atoms with E-state index < -0.39 is 0 Å². The molecule has 0 aliphatic rings. The SMILES string of the molecule is CSc1ccc(Cc2ccc(C(C)=O)o2)cc1. The molecule has 88 valence electrons. The lowest BCUT2D eigenvalue weighted by atomic mass is 10.1. The molecule has 0 unspecified atom stereocenters. The monoisotopic (exact) mass is 246 g/mol. The molecule has 0 bridgehead atoms. The van der Waals surface area contributed by atoms with Crippen molar-refractivity contribution in [3.63, 3.8) is 0 Å². The molecular formula is C14H14O2S. The summed E-state index contributed by atoms with van der Waals surface area (Å²) in [5.41, 5.74) is 1.19. The number of Topliss-reactive ketones (excluding diaryl/α,β-unsaturated/α-hetero) is 1. The third-order valence-corrected chi connectivity index (χ3v) is 3.29. The molecule has 1 aromatic heterocycles. The second-order valence-corrected chi connectivity index (χ2v) is 4.73. The Morgan fingerprint density at radius 2 is 1.88 bits per heavy atom. The zero-order chi connectivity index (χ0) is 12.3. The number of hydrogen-bond acceptors (Lipinski definition) is 3. The number of carbonyl (C=O) groups is 1. The number of hydrogen-bond donors (Lipinski definition) is 0. The molecule has 17 heavy (non-hydrogen) atoms. The van der Waals surface area contributed by atoms with Gasteiger partial charge in [-0.25, -0.2) is 0 Å². The lowest BCUT2D eigenvalue weighted by Crippen LogP contribution is -1.88. The number of benzene rings is 1. The highest BCUT2D eigenvalue weighted by atomic mass is 32.2. The number of thioether (sulfide) groups is 1. The van der Waals surface area contributed by atoms with Gasteiger partial charge in [-0.3, -0.25) is 4.79 Å². The van der Waals surface area contributed by atoms with E-state index in [9.17, 15) is 4.79 Å². The Kier molecular flexibility index (Phi) is 3.69. The van der Waals surface area contributed by atoms with Crippen LogP contribution in [0.4, 0.5) is 0 Å². The molecule has 0 N–H and O–H groups in total. The van der Waals surface area contributed by atoms with E-state index in [1.807, 2.05) is 6.07 Å². The summed E-state index contributed by atoms with van der Waals surface area (Å²) in [6.07, 6.45) is 2.78. The second-order valence-electron chi connectivity index (χ2n) is 3.85. The predicted molar refractivity (Wildman–Crippen MR) is 69.7 cm³/mol. The summed E-state index contributed by atoms with van der Waals surface area (Å²) in [6.45, 7) is 1.51. The van der Waals surface area contributed by atoms with Crippen molar-refractivity contribution >= 4 is 17.5 Å². The molecule has 0 aliphatic carbocycles. The van der Waals surface area contributed by atoms with E-state index in [-0.39, 0.29) is 5.78 Å². The maximum Gasteiger partial charge on any atom is 0.194 e. The van der Waals surface area contributed by atoms with Crippen molar-refractivity contribution in [3.05, 3.63) is 53.5 Å². The summed E-state index contributed by atoms with van der Waals surface area (Å²) in [7, 11) is 0. The molecule has 0 radical (unpaired) electrons. The normalized spacial score (nSPS) is 10.5. The Morgan fingerprint density at radius 3 is 2.41 bits per heavy atom. The molecule has 0 saturated carbocycles. The third kappa shape index (κ3) is 3.01. The minimum atomic E-state index is -0.0334. The highest BCUT2D eigenvalue weighted by molar-refractivity contribution is 7.98. The van der Waals surface area contributed by atoms with Crippen LogP contribution in [0.2, 0.25) is 0 Å². The fourth-order valence-corrected chi connectivity index (χ4v) is 2.01. The van der Waals surface area contributed by atoms with E-state index in [1.165, 1.54) is 17.4 Å². The first kappa shape index (κ1) is 12.0. The maximum atomic E-state index is 11.1. The van der Waals surface area contributed by atoms with Gasteiger partial charge in [0, 0.05) is 18.2 Å². The molecule has 3 heteroatoms. The van der Waals surface area contributed by atoms with Crippen molar-refractivity contribution in [2.75, 3.05) is 6.26 Å². The summed E-state index contributed by atoms with van der Waals surface area (Å²) < 4.78 is 5.45. The van der Waals surface area contributed by atoms with Gasteiger partial charge in [0.2, 0.25) is 0 Å². The standard InChI is InChI=1S/C14H14O2S/c1-10(15)14-8-5-12(16-14)9-11-3-6-13(17-2)7-4-11/h3-8H,9H2,1-2H3. The molecule has 1 aromatic carbocycles. The Hall–Kier alpha value is -1.48. The first-order chi connectivity index (χ1) is 8.19. The topological polar surface area (TPSA) is 30.2 Å². The van der Waals surface area contributed by atoms with Gasteiger partial charge in [-0.15, -0.1) is 11.8 Å². The van der Waals surface area contributed by atoms with Crippen molar-refractivity contribution in [2.24, 2.45) is 0 Å². The zero-order valence-corrected chi connectivity index (χ0v) is 10.7. The van der Waals surface area contributed by atoms with Crippen molar-refractivity contribution < 1.29 is 9.21 Å². The van der Waals surface area contributed by atoms with Crippen LogP contribution in [0.25, 0.3) is 0 Å². The minimum Gasteiger partial charge on any atom is -0.458 e. The van der Waals surface area contributed by atoms with E-state index >= 15 is 0 Å². The Morgan fingerprint density at radius 1 is 1.18 bits per heavy atom. The van der Waals surface area contributed by atoms with Crippen molar-refractivity contribution in [2.45, 2.75) is 18.2 Å². The van der Waals surface area contributed by atoms with E-state index in [2.05, 4.69) is 30.5 Å². The Labute approximate surface area is 105 Å². The lowest BCUT2D eigenvalue weighted by Gasteiger charge is -2.00. The van der Waals surface area contributed by atoms with Gasteiger partial charge in [-0.1, -0.05) is 12.1 Å². The van der Waals surface area contributed by atoms with E-state index in [4.69, 9.17) is 4.42 Å². The average molecular weight is 246 g/mol. The first-order valence-corrected chi connectivity index (χ1v) is 6.64. The molecule has 2 nitrogen and oxygen atoms in total. The zero-order valence-electron chi connectivity index (χ0n) is 9.90. The Bertz CT molecular complexity index is 511. The van der Waals surface area contributed by atoms with E-state index in [1.54, 1.807) is 17.8 Å². The van der Waals surface area contributed by atoms with Crippen molar-refractivity contribution in [3.8, 4) is 0 Å². The van der Waals surface area contributed by atoms with Crippen LogP contribution in [0.5, 0.6) is 0 Å². The summed E-state index contributed by atoms with van der Waals surface area (Å²) in [4.78, 5) is 12.3. The van der Waals surface area contributed by atoms with Gasteiger partial charge in [-0.2, -0.15) is 0 Å². The van der Waals surface area contributed by atoms with Gasteiger partial charge in [0.25, 0.3) is 0 Å². The van der Waals surface area contributed by atoms with Crippen LogP contribution >= 0.6 is 11.8 Å². The summed E-state index contributed by atoms with van der Waals surface area (Å²) in [5, 5.41) is 0. The van der Waals surface area contributed by atoms with Crippen LogP contribution in [0, 0.1) is 0 Å². The molecule has 2 rings (SSSR count). The van der Waals surface area contributed by atoms with Gasteiger partial charge in [0.1, 0.15) is 5.76 Å². The third-order valence-electron chi connectivity index (χ3n) is 2.55. The summed E-state index contributed by atoms with van der Waals surface area (Å²) in [5.74, 6) is 1.22. The fourth-order valence-electron chi connectivity index (χ4n) is 1.61. The molecule has 0 atom stereocenters. The Balaban J connectivity index is 2.11. The molecule has 0 amide bonds. The average Bonchev–Trinajstić information content (AvgIpc) is 2.79. The molecular weight excluding hydrogens is 232 g/mol. The summed E-state index contributed by atoms with van der Waals surface area (Å²) in [6, 6.07) is 11.9. The van der Waals surface area contributed by atoms with Gasteiger partial charge in [0.15, 0.2) is 11.5 Å². The highest BCUT2D eigenvalue weighted by Gasteiger charge is 2.06. The van der Waals surface area contributed by atoms with Gasteiger partial charge in [-0.05, 0) is 36.1 Å². The predicted octanol–water partition coefficient (Wildman–Crippen LogP) is 3.79. The van der Waals surface area contributed by atoms with Crippen LogP contribution in [0.15, 0.2) is 45.7 Å². The highest BCUT2D eigenvalue weighted by Crippen LogP contribution is 2.18. The van der Waals surface area contributed by atoms with Crippen LogP contribution in [-0.4, -0.2) is 12.0 Å². The molecule has 1 heterocycles. The van der Waals surface area contributed by atoms with Crippen LogP contribution < -0.4 is 0 Å². The van der Waals surface area contributed by atoms with E-state index in [0.717, 1.165) is 12.2 Å². The van der Waals surface area contributed by atoms with Gasteiger partial charge in [0.05, 0.1) is 0 Å². The molecule has 0 fully saturated rings. The minimum absolute atomic E-state index is 0.0334. The molecule has 0 aliphatic heterocycles.